The van der Waals surface area contributed by atoms with Crippen molar-refractivity contribution in [3.8, 4) is 11.4 Å². The number of rotatable bonds is 5. The molecule has 0 bridgehead atoms. The molecule has 0 fully saturated rings. The van der Waals surface area contributed by atoms with Crippen molar-refractivity contribution in [2.75, 3.05) is 7.11 Å². The summed E-state index contributed by atoms with van der Waals surface area (Å²) in [4.78, 5) is 13.3. The van der Waals surface area contributed by atoms with Crippen LogP contribution in [-0.2, 0) is 5.75 Å². The molecule has 0 amide bonds. The molecule has 0 radical (unpaired) electrons. The third-order valence-corrected chi connectivity index (χ3v) is 6.95. The van der Waals surface area contributed by atoms with Crippen molar-refractivity contribution in [1.29, 1.82) is 0 Å². The maximum Gasteiger partial charge on any atom is 0.255 e. The molecule has 3 aromatic carbocycles. The summed E-state index contributed by atoms with van der Waals surface area (Å²) in [6, 6.07) is 19.5. The molecule has 3 nitrogen and oxygen atoms in total. The second-order valence-electron chi connectivity index (χ2n) is 6.56. The second kappa shape index (κ2) is 8.84. The van der Waals surface area contributed by atoms with Gasteiger partial charge >= 0.3 is 0 Å². The van der Waals surface area contributed by atoms with E-state index in [1.807, 2.05) is 30.3 Å². The molecule has 0 aliphatic carbocycles. The Hall–Kier alpha value is -2.28. The third-order valence-electron chi connectivity index (χ3n) is 4.65. The fourth-order valence-corrected chi connectivity index (χ4v) is 4.59. The summed E-state index contributed by atoms with van der Waals surface area (Å²) in [6.45, 7) is 0. The molecule has 152 valence electrons. The molecule has 1 aromatic heterocycles. The van der Waals surface area contributed by atoms with Gasteiger partial charge < -0.3 is 4.74 Å². The zero-order valence-electron chi connectivity index (χ0n) is 15.9. The van der Waals surface area contributed by atoms with Crippen LogP contribution in [0.3, 0.4) is 0 Å². The highest BCUT2D eigenvalue weighted by Crippen LogP contribution is 2.35. The molecule has 7 heteroatoms. The Balaban J connectivity index is 1.83. The van der Waals surface area contributed by atoms with E-state index >= 15 is 0 Å². The topological polar surface area (TPSA) is 31.2 Å². The van der Waals surface area contributed by atoms with E-state index in [-0.39, 0.29) is 11.4 Å². The number of hydrogen-bond acceptors (Lipinski definition) is 3. The highest BCUT2D eigenvalue weighted by atomic mass is 79.9. The molecule has 0 N–H and O–H groups in total. The summed E-state index contributed by atoms with van der Waals surface area (Å²) >= 11 is 11.0. The van der Waals surface area contributed by atoms with Crippen LogP contribution in [0.2, 0.25) is 5.02 Å². The van der Waals surface area contributed by atoms with E-state index in [0.29, 0.717) is 37.1 Å². The Bertz CT molecular complexity index is 1290. The summed E-state index contributed by atoms with van der Waals surface area (Å²) in [5.74, 6) is 0.716. The number of halogens is 3. The molecular formula is C23H16BrClFNO2S. The summed E-state index contributed by atoms with van der Waals surface area (Å²) in [7, 11) is 1.51. The van der Waals surface area contributed by atoms with Gasteiger partial charge in [-0.15, -0.1) is 11.8 Å². The number of aromatic nitrogens is 1. The summed E-state index contributed by atoms with van der Waals surface area (Å²) in [5, 5.41) is 1.16. The van der Waals surface area contributed by atoms with Crippen LogP contribution < -0.4 is 10.3 Å². The summed E-state index contributed by atoms with van der Waals surface area (Å²) in [6.07, 6.45) is 0. The standard InChI is InChI=1S/C23H16BrClFNO2S/c1-29-21-10-16(24)17(25)11-20(21)27-19-12-18(26)22(9-15(19)7-8-23(27)28)30-13-14-5-3-2-4-6-14/h2-12H,13H2,1H3. The van der Waals surface area contributed by atoms with Crippen molar-refractivity contribution in [2.24, 2.45) is 0 Å². The van der Waals surface area contributed by atoms with E-state index in [0.717, 1.165) is 10.9 Å². The minimum atomic E-state index is -0.384. The number of fused-ring (bicyclic) bond motifs is 1. The van der Waals surface area contributed by atoms with Crippen LogP contribution in [0.25, 0.3) is 16.6 Å². The molecule has 30 heavy (non-hydrogen) atoms. The third kappa shape index (κ3) is 4.13. The lowest BCUT2D eigenvalue weighted by Crippen LogP contribution is -2.18. The lowest BCUT2D eigenvalue weighted by molar-refractivity contribution is 0.412. The average Bonchev–Trinajstić information content (AvgIpc) is 2.75. The van der Waals surface area contributed by atoms with Gasteiger partial charge in [0.15, 0.2) is 0 Å². The van der Waals surface area contributed by atoms with Crippen LogP contribution in [0.4, 0.5) is 4.39 Å². The number of ether oxygens (including phenoxy) is 1. The number of hydrogen-bond donors (Lipinski definition) is 0. The molecule has 0 saturated heterocycles. The van der Waals surface area contributed by atoms with Crippen LogP contribution in [-0.4, -0.2) is 11.7 Å². The highest BCUT2D eigenvalue weighted by Gasteiger charge is 2.16. The number of thioether (sulfide) groups is 1. The Morgan fingerprint density at radius 3 is 2.60 bits per heavy atom. The van der Waals surface area contributed by atoms with Crippen molar-refractivity contribution in [1.82, 2.24) is 4.57 Å². The van der Waals surface area contributed by atoms with Gasteiger partial charge in [-0.05, 0) is 51.8 Å². The first kappa shape index (κ1) is 21.0. The van der Waals surface area contributed by atoms with Crippen molar-refractivity contribution in [3.63, 3.8) is 0 Å². The number of pyridine rings is 1. The van der Waals surface area contributed by atoms with E-state index in [4.69, 9.17) is 16.3 Å². The zero-order chi connectivity index (χ0) is 21.3. The van der Waals surface area contributed by atoms with Gasteiger partial charge in [-0.25, -0.2) is 4.39 Å². The van der Waals surface area contributed by atoms with Crippen LogP contribution in [0.5, 0.6) is 5.75 Å². The number of methoxy groups -OCH3 is 1. The maximum atomic E-state index is 15.0. The fourth-order valence-electron chi connectivity index (χ4n) is 3.19. The van der Waals surface area contributed by atoms with E-state index in [1.165, 1.54) is 35.6 Å². The quantitative estimate of drug-likeness (QED) is 0.279. The zero-order valence-corrected chi connectivity index (χ0v) is 19.0. The molecule has 1 heterocycles. The van der Waals surface area contributed by atoms with Crippen molar-refractivity contribution in [2.45, 2.75) is 10.6 Å². The number of nitrogens with zero attached hydrogens (tertiary/aromatic N) is 1. The van der Waals surface area contributed by atoms with Gasteiger partial charge in [0.1, 0.15) is 11.6 Å². The SMILES string of the molecule is COc1cc(Br)c(Cl)cc1-n1c(=O)ccc2cc(SCc3ccccc3)c(F)cc21. The van der Waals surface area contributed by atoms with Crippen molar-refractivity contribution in [3.05, 3.63) is 98.0 Å². The predicted molar refractivity (Wildman–Crippen MR) is 125 cm³/mol. The minimum absolute atomic E-state index is 0.303. The number of benzene rings is 3. The molecule has 0 spiro atoms. The van der Waals surface area contributed by atoms with E-state index in [1.54, 1.807) is 24.3 Å². The van der Waals surface area contributed by atoms with E-state index < -0.39 is 0 Å². The van der Waals surface area contributed by atoms with Crippen molar-refractivity contribution >= 4 is 50.2 Å². The van der Waals surface area contributed by atoms with Gasteiger partial charge in [-0.1, -0.05) is 41.9 Å². The van der Waals surface area contributed by atoms with Crippen LogP contribution in [0.15, 0.2) is 80.9 Å². The van der Waals surface area contributed by atoms with Gasteiger partial charge in [0.05, 0.1) is 23.3 Å². The molecule has 0 aliphatic heterocycles. The summed E-state index contributed by atoms with van der Waals surface area (Å²) in [5.41, 5.74) is 1.70. The molecule has 0 aliphatic rings. The smallest absolute Gasteiger partial charge is 0.255 e. The molecule has 4 rings (SSSR count). The Morgan fingerprint density at radius 1 is 1.10 bits per heavy atom. The second-order valence-corrected chi connectivity index (χ2v) is 8.84. The Morgan fingerprint density at radius 2 is 1.87 bits per heavy atom. The van der Waals surface area contributed by atoms with Gasteiger partial charge in [0.2, 0.25) is 0 Å². The first-order valence-corrected chi connectivity index (χ1v) is 11.2. The van der Waals surface area contributed by atoms with E-state index in [9.17, 15) is 9.18 Å². The van der Waals surface area contributed by atoms with Gasteiger partial charge in [0, 0.05) is 26.6 Å². The molecule has 0 saturated carbocycles. The van der Waals surface area contributed by atoms with E-state index in [2.05, 4.69) is 15.9 Å². The Labute approximate surface area is 190 Å². The van der Waals surface area contributed by atoms with Gasteiger partial charge in [0.25, 0.3) is 5.56 Å². The molecule has 0 atom stereocenters. The normalized spacial score (nSPS) is 11.1. The lowest BCUT2D eigenvalue weighted by Gasteiger charge is -2.16. The largest absolute Gasteiger partial charge is 0.495 e. The summed E-state index contributed by atoms with van der Waals surface area (Å²) < 4.78 is 22.5. The van der Waals surface area contributed by atoms with Crippen LogP contribution in [0, 0.1) is 5.82 Å². The molecule has 4 aromatic rings. The fraction of sp³-hybridized carbons (Fsp3) is 0.0870. The average molecular weight is 505 g/mol. The van der Waals surface area contributed by atoms with Crippen molar-refractivity contribution < 1.29 is 9.13 Å². The minimum Gasteiger partial charge on any atom is -0.495 e. The first-order chi connectivity index (χ1) is 14.5. The maximum absolute atomic E-state index is 15.0. The van der Waals surface area contributed by atoms with Crippen LogP contribution >= 0.6 is 39.3 Å². The lowest BCUT2D eigenvalue weighted by atomic mass is 10.2. The first-order valence-electron chi connectivity index (χ1n) is 9.03. The predicted octanol–water partition coefficient (Wildman–Crippen LogP) is 6.85. The molecule has 0 unspecified atom stereocenters. The molecular weight excluding hydrogens is 489 g/mol. The highest BCUT2D eigenvalue weighted by molar-refractivity contribution is 9.10. The van der Waals surface area contributed by atoms with Crippen LogP contribution in [0.1, 0.15) is 5.56 Å². The van der Waals surface area contributed by atoms with Gasteiger partial charge in [-0.3, -0.25) is 9.36 Å². The van der Waals surface area contributed by atoms with Gasteiger partial charge in [-0.2, -0.15) is 0 Å². The Kier molecular flexibility index (Phi) is 6.18. The monoisotopic (exact) mass is 503 g/mol.